The Kier molecular flexibility index (Phi) is 3.09. The van der Waals surface area contributed by atoms with Crippen LogP contribution in [0.25, 0.3) is 5.57 Å². The number of anilines is 1. The van der Waals surface area contributed by atoms with E-state index in [0.29, 0.717) is 12.1 Å². The smallest absolute Gasteiger partial charge is 0.250 e. The van der Waals surface area contributed by atoms with Gasteiger partial charge in [0.05, 0.1) is 29.2 Å². The Balaban J connectivity index is 2.08. The van der Waals surface area contributed by atoms with Gasteiger partial charge < -0.3 is 11.1 Å². The molecule has 0 aromatic heterocycles. The fourth-order valence-electron chi connectivity index (χ4n) is 2.67. The molecule has 0 radical (unpaired) electrons. The molecule has 0 aliphatic carbocycles. The van der Waals surface area contributed by atoms with E-state index >= 15 is 0 Å². The van der Waals surface area contributed by atoms with Gasteiger partial charge in [0.1, 0.15) is 0 Å². The summed E-state index contributed by atoms with van der Waals surface area (Å²) in [4.78, 5) is 23.1. The first kappa shape index (κ1) is 13.8. The van der Waals surface area contributed by atoms with Gasteiger partial charge in [0.15, 0.2) is 9.84 Å². The highest BCUT2D eigenvalue weighted by atomic mass is 32.2. The summed E-state index contributed by atoms with van der Waals surface area (Å²) in [7, 11) is -3.00. The number of primary amides is 1. The molecule has 0 saturated carbocycles. The SMILES string of the molecule is NC(=O)c1cc(C2=CCS(=O)(=O)CC2)cc2c1NC(=O)C2. The molecule has 21 heavy (non-hydrogen) atoms. The first-order valence-corrected chi connectivity index (χ1v) is 8.34. The molecule has 0 fully saturated rings. The second-order valence-electron chi connectivity index (χ2n) is 5.24. The molecule has 1 aromatic carbocycles. The number of allylic oxidation sites excluding steroid dienone is 1. The average Bonchev–Trinajstić information content (AvgIpc) is 2.77. The Morgan fingerprint density at radius 2 is 2.05 bits per heavy atom. The molecular weight excluding hydrogens is 292 g/mol. The molecule has 2 aliphatic heterocycles. The highest BCUT2D eigenvalue weighted by Gasteiger charge is 2.25. The lowest BCUT2D eigenvalue weighted by atomic mass is 9.96. The van der Waals surface area contributed by atoms with Gasteiger partial charge in [-0.25, -0.2) is 8.42 Å². The van der Waals surface area contributed by atoms with Gasteiger partial charge in [0.2, 0.25) is 5.91 Å². The number of rotatable bonds is 2. The van der Waals surface area contributed by atoms with Crippen LogP contribution in [0.4, 0.5) is 5.69 Å². The molecule has 0 atom stereocenters. The Morgan fingerprint density at radius 3 is 2.67 bits per heavy atom. The summed E-state index contributed by atoms with van der Waals surface area (Å²) in [5.74, 6) is -0.689. The van der Waals surface area contributed by atoms with E-state index in [4.69, 9.17) is 5.73 Å². The van der Waals surface area contributed by atoms with Gasteiger partial charge in [-0.2, -0.15) is 0 Å². The van der Waals surface area contributed by atoms with Gasteiger partial charge in [-0.15, -0.1) is 0 Å². The normalized spacial score (nSPS) is 19.6. The minimum atomic E-state index is -3.00. The van der Waals surface area contributed by atoms with Gasteiger partial charge in [0, 0.05) is 0 Å². The van der Waals surface area contributed by atoms with Crippen LogP contribution < -0.4 is 11.1 Å². The van der Waals surface area contributed by atoms with Crippen molar-refractivity contribution in [2.24, 2.45) is 5.73 Å². The lowest BCUT2D eigenvalue weighted by Crippen LogP contribution is -2.16. The molecule has 2 amide bonds. The molecule has 6 nitrogen and oxygen atoms in total. The largest absolute Gasteiger partial charge is 0.366 e. The van der Waals surface area contributed by atoms with Crippen molar-refractivity contribution in [3.8, 4) is 0 Å². The molecule has 2 aliphatic rings. The first-order chi connectivity index (χ1) is 9.85. The van der Waals surface area contributed by atoms with Crippen molar-refractivity contribution in [3.05, 3.63) is 34.9 Å². The summed E-state index contributed by atoms with van der Waals surface area (Å²) in [6, 6.07) is 3.44. The van der Waals surface area contributed by atoms with E-state index in [-0.39, 0.29) is 29.4 Å². The number of carbonyl (C=O) groups is 2. The second kappa shape index (κ2) is 4.70. The quantitative estimate of drug-likeness (QED) is 0.828. The van der Waals surface area contributed by atoms with Crippen molar-refractivity contribution in [2.75, 3.05) is 16.8 Å². The van der Waals surface area contributed by atoms with Crippen molar-refractivity contribution >= 4 is 32.9 Å². The molecule has 3 N–H and O–H groups in total. The Morgan fingerprint density at radius 1 is 1.29 bits per heavy atom. The summed E-state index contributed by atoms with van der Waals surface area (Å²) in [6.07, 6.45) is 2.27. The summed E-state index contributed by atoms with van der Waals surface area (Å²) in [6.45, 7) is 0. The molecule has 0 bridgehead atoms. The standard InChI is InChI=1S/C14H14N2O4S/c15-14(18)11-6-9(5-10-7-12(17)16-13(10)11)8-1-3-21(19,20)4-2-8/h1,5-6H,2-4,7H2,(H2,15,18)(H,16,17). The van der Waals surface area contributed by atoms with E-state index in [0.717, 1.165) is 16.7 Å². The molecule has 110 valence electrons. The van der Waals surface area contributed by atoms with E-state index in [9.17, 15) is 18.0 Å². The molecule has 7 heteroatoms. The molecule has 2 heterocycles. The van der Waals surface area contributed by atoms with Crippen molar-refractivity contribution in [2.45, 2.75) is 12.8 Å². The summed E-state index contributed by atoms with van der Waals surface area (Å²) >= 11 is 0. The van der Waals surface area contributed by atoms with Crippen LogP contribution in [-0.4, -0.2) is 31.7 Å². The Bertz CT molecular complexity index is 793. The van der Waals surface area contributed by atoms with E-state index in [1.165, 1.54) is 0 Å². The van der Waals surface area contributed by atoms with Crippen LogP contribution in [0.2, 0.25) is 0 Å². The summed E-state index contributed by atoms with van der Waals surface area (Å²) in [5, 5.41) is 2.64. The highest BCUT2D eigenvalue weighted by Crippen LogP contribution is 2.33. The van der Waals surface area contributed by atoms with E-state index < -0.39 is 15.7 Å². The number of sulfone groups is 1. The maximum atomic E-state index is 11.6. The zero-order valence-corrected chi connectivity index (χ0v) is 12.0. The lowest BCUT2D eigenvalue weighted by Gasteiger charge is -2.16. The highest BCUT2D eigenvalue weighted by molar-refractivity contribution is 7.91. The predicted octanol–water partition coefficient (Wildman–Crippen LogP) is 0.482. The first-order valence-electron chi connectivity index (χ1n) is 6.52. The van der Waals surface area contributed by atoms with Crippen LogP contribution in [0.1, 0.15) is 27.9 Å². The maximum absolute atomic E-state index is 11.6. The molecule has 0 unspecified atom stereocenters. The van der Waals surface area contributed by atoms with E-state index in [1.54, 1.807) is 12.1 Å². The number of nitrogens with one attached hydrogen (secondary N) is 1. The van der Waals surface area contributed by atoms with Crippen LogP contribution in [0, 0.1) is 0 Å². The molecule has 1 aromatic rings. The average molecular weight is 306 g/mol. The number of fused-ring (bicyclic) bond motifs is 1. The van der Waals surface area contributed by atoms with Crippen LogP contribution >= 0.6 is 0 Å². The predicted molar refractivity (Wildman–Crippen MR) is 78.5 cm³/mol. The van der Waals surface area contributed by atoms with Gasteiger partial charge in [-0.1, -0.05) is 6.08 Å². The number of amides is 2. The second-order valence-corrected chi connectivity index (χ2v) is 7.47. The van der Waals surface area contributed by atoms with Crippen molar-refractivity contribution in [1.82, 2.24) is 0 Å². The fraction of sp³-hybridized carbons (Fsp3) is 0.286. The minimum Gasteiger partial charge on any atom is -0.366 e. The number of carbonyl (C=O) groups excluding carboxylic acids is 2. The number of hydrogen-bond acceptors (Lipinski definition) is 4. The van der Waals surface area contributed by atoms with Crippen molar-refractivity contribution in [1.29, 1.82) is 0 Å². The van der Waals surface area contributed by atoms with Crippen LogP contribution in [-0.2, 0) is 21.1 Å². The Hall–Kier alpha value is -2.15. The fourth-order valence-corrected chi connectivity index (χ4v) is 3.82. The monoisotopic (exact) mass is 306 g/mol. The molecular formula is C14H14N2O4S. The summed E-state index contributed by atoms with van der Waals surface area (Å²) < 4.78 is 22.9. The van der Waals surface area contributed by atoms with Gasteiger partial charge in [-0.3, -0.25) is 9.59 Å². The van der Waals surface area contributed by atoms with Crippen molar-refractivity contribution < 1.29 is 18.0 Å². The van der Waals surface area contributed by atoms with Gasteiger partial charge in [-0.05, 0) is 35.3 Å². The Labute approximate surface area is 121 Å². The third-order valence-corrected chi connectivity index (χ3v) is 5.24. The maximum Gasteiger partial charge on any atom is 0.250 e. The van der Waals surface area contributed by atoms with Crippen molar-refractivity contribution in [3.63, 3.8) is 0 Å². The van der Waals surface area contributed by atoms with E-state index in [2.05, 4.69) is 5.32 Å². The molecule has 0 spiro atoms. The number of hydrogen-bond donors (Lipinski definition) is 2. The van der Waals surface area contributed by atoms with Crippen LogP contribution in [0.15, 0.2) is 18.2 Å². The van der Waals surface area contributed by atoms with E-state index in [1.807, 2.05) is 6.07 Å². The van der Waals surface area contributed by atoms with Crippen LogP contribution in [0.3, 0.4) is 0 Å². The third-order valence-electron chi connectivity index (χ3n) is 3.74. The zero-order valence-electron chi connectivity index (χ0n) is 11.2. The van der Waals surface area contributed by atoms with Gasteiger partial charge in [0.25, 0.3) is 5.91 Å². The molecule has 3 rings (SSSR count). The topological polar surface area (TPSA) is 106 Å². The van der Waals surface area contributed by atoms with Crippen LogP contribution in [0.5, 0.6) is 0 Å². The van der Waals surface area contributed by atoms with Gasteiger partial charge >= 0.3 is 0 Å². The molecule has 0 saturated heterocycles. The number of nitrogens with two attached hydrogens (primary N) is 1. The number of benzene rings is 1. The lowest BCUT2D eigenvalue weighted by molar-refractivity contribution is -0.115. The zero-order chi connectivity index (χ0) is 15.2. The third kappa shape index (κ3) is 2.56. The minimum absolute atomic E-state index is 0.00248. The summed E-state index contributed by atoms with van der Waals surface area (Å²) in [5.41, 5.74) is 8.46.